The molecule has 0 saturated heterocycles. The zero-order valence-electron chi connectivity index (χ0n) is 12.0. The Morgan fingerprint density at radius 3 is 2.20 bits per heavy atom. The van der Waals surface area contributed by atoms with E-state index >= 15 is 0 Å². The van der Waals surface area contributed by atoms with E-state index in [0.717, 1.165) is 12.8 Å². The second-order valence-corrected chi connectivity index (χ2v) is 7.34. The van der Waals surface area contributed by atoms with Gasteiger partial charge in [0.05, 0.1) is 11.9 Å². The van der Waals surface area contributed by atoms with Crippen molar-refractivity contribution in [2.24, 2.45) is 5.92 Å². The topological polar surface area (TPSA) is 66.5 Å². The fourth-order valence-electron chi connectivity index (χ4n) is 1.96. The summed E-state index contributed by atoms with van der Waals surface area (Å²) in [7, 11) is -3.26. The molecule has 2 rings (SSSR count). The molecule has 0 spiro atoms. The van der Waals surface area contributed by atoms with Crippen molar-refractivity contribution >= 4 is 27.3 Å². The number of sulfonamides is 1. The van der Waals surface area contributed by atoms with Crippen molar-refractivity contribution in [1.29, 1.82) is 0 Å². The number of anilines is 2. The van der Waals surface area contributed by atoms with E-state index in [4.69, 9.17) is 0 Å². The second-order valence-electron chi connectivity index (χ2n) is 5.48. The molecule has 1 aliphatic rings. The molecule has 0 bridgehead atoms. The van der Waals surface area contributed by atoms with Crippen LogP contribution in [0.4, 0.5) is 11.4 Å². The number of benzene rings is 1. The van der Waals surface area contributed by atoms with Crippen LogP contribution in [0, 0.1) is 5.92 Å². The predicted molar refractivity (Wildman–Crippen MR) is 80.3 cm³/mol. The Kier molecular flexibility index (Phi) is 4.04. The summed E-state index contributed by atoms with van der Waals surface area (Å²) in [6, 6.07) is 7.01. The summed E-state index contributed by atoms with van der Waals surface area (Å²) < 4.78 is 25.1. The molecule has 0 radical (unpaired) electrons. The molecule has 0 unspecified atom stereocenters. The number of carbonyl (C=O) groups excluding carboxylic acids is 1. The van der Waals surface area contributed by atoms with Gasteiger partial charge in [0.2, 0.25) is 15.9 Å². The molecule has 0 aromatic heterocycles. The quantitative estimate of drug-likeness (QED) is 0.906. The number of nitrogens with one attached hydrogen (secondary N) is 1. The van der Waals surface area contributed by atoms with Crippen molar-refractivity contribution < 1.29 is 13.2 Å². The molecule has 5 nitrogen and oxygen atoms in total. The predicted octanol–water partition coefficient (Wildman–Crippen LogP) is 2.21. The normalized spacial score (nSPS) is 15.2. The van der Waals surface area contributed by atoms with Crippen LogP contribution < -0.4 is 9.62 Å². The van der Waals surface area contributed by atoms with E-state index in [1.807, 2.05) is 13.8 Å². The van der Waals surface area contributed by atoms with Crippen molar-refractivity contribution in [2.75, 3.05) is 15.9 Å². The van der Waals surface area contributed by atoms with Gasteiger partial charge in [0, 0.05) is 17.6 Å². The molecule has 1 aromatic carbocycles. The SMILES string of the molecule is CC(C)C(=O)Nc1ccc(N(C2CC2)S(C)(=O)=O)cc1. The molecule has 0 heterocycles. The highest BCUT2D eigenvalue weighted by Crippen LogP contribution is 2.34. The average Bonchev–Trinajstić information content (AvgIpc) is 3.14. The van der Waals surface area contributed by atoms with Gasteiger partial charge in [0.1, 0.15) is 0 Å². The zero-order valence-corrected chi connectivity index (χ0v) is 12.8. The van der Waals surface area contributed by atoms with Crippen molar-refractivity contribution in [1.82, 2.24) is 0 Å². The van der Waals surface area contributed by atoms with Crippen molar-refractivity contribution in [3.63, 3.8) is 0 Å². The van der Waals surface area contributed by atoms with Crippen LogP contribution in [0.2, 0.25) is 0 Å². The first-order valence-corrected chi connectivity index (χ1v) is 8.54. The molecule has 1 aliphatic carbocycles. The summed E-state index contributed by atoms with van der Waals surface area (Å²) in [4.78, 5) is 11.6. The van der Waals surface area contributed by atoms with Gasteiger partial charge in [-0.2, -0.15) is 0 Å². The van der Waals surface area contributed by atoms with E-state index in [0.29, 0.717) is 11.4 Å². The summed E-state index contributed by atoms with van der Waals surface area (Å²) in [6.45, 7) is 3.64. The molecule has 1 N–H and O–H groups in total. The number of nitrogens with zero attached hydrogens (tertiary/aromatic N) is 1. The maximum absolute atomic E-state index is 11.8. The summed E-state index contributed by atoms with van der Waals surface area (Å²) >= 11 is 0. The number of rotatable bonds is 5. The zero-order chi connectivity index (χ0) is 14.9. The van der Waals surface area contributed by atoms with Crippen molar-refractivity contribution in [3.8, 4) is 0 Å². The molecule has 6 heteroatoms. The van der Waals surface area contributed by atoms with Crippen LogP contribution in [-0.2, 0) is 14.8 Å². The van der Waals surface area contributed by atoms with E-state index in [1.54, 1.807) is 24.3 Å². The van der Waals surface area contributed by atoms with Crippen LogP contribution >= 0.6 is 0 Å². The van der Waals surface area contributed by atoms with E-state index in [9.17, 15) is 13.2 Å². The minimum Gasteiger partial charge on any atom is -0.326 e. The molecule has 1 amide bonds. The van der Waals surface area contributed by atoms with Gasteiger partial charge in [-0.1, -0.05) is 13.8 Å². The molecule has 1 aromatic rings. The van der Waals surface area contributed by atoms with Crippen LogP contribution in [-0.4, -0.2) is 26.6 Å². The first-order valence-electron chi connectivity index (χ1n) is 6.69. The third kappa shape index (κ3) is 3.50. The van der Waals surface area contributed by atoms with Crippen LogP contribution in [0.3, 0.4) is 0 Å². The van der Waals surface area contributed by atoms with Gasteiger partial charge < -0.3 is 5.32 Å². The van der Waals surface area contributed by atoms with Crippen LogP contribution in [0.25, 0.3) is 0 Å². The Balaban J connectivity index is 2.17. The maximum atomic E-state index is 11.8. The molecular formula is C14H20N2O3S. The van der Waals surface area contributed by atoms with Gasteiger partial charge in [0.25, 0.3) is 0 Å². The molecule has 1 saturated carbocycles. The first-order chi connectivity index (χ1) is 9.29. The lowest BCUT2D eigenvalue weighted by Crippen LogP contribution is -2.31. The molecular weight excluding hydrogens is 276 g/mol. The second kappa shape index (κ2) is 5.44. The van der Waals surface area contributed by atoms with Crippen LogP contribution in [0.15, 0.2) is 24.3 Å². The fraction of sp³-hybridized carbons (Fsp3) is 0.500. The standard InChI is InChI=1S/C14H20N2O3S/c1-10(2)14(17)15-11-4-6-12(7-5-11)16(13-8-9-13)20(3,18)19/h4-7,10,13H,8-9H2,1-3H3,(H,15,17). The monoisotopic (exact) mass is 296 g/mol. The van der Waals surface area contributed by atoms with E-state index in [-0.39, 0.29) is 17.9 Å². The van der Waals surface area contributed by atoms with Gasteiger partial charge >= 0.3 is 0 Å². The number of amides is 1. The molecule has 110 valence electrons. The average molecular weight is 296 g/mol. The maximum Gasteiger partial charge on any atom is 0.232 e. The van der Waals surface area contributed by atoms with Gasteiger partial charge in [-0.25, -0.2) is 8.42 Å². The number of carbonyl (C=O) groups is 1. The first kappa shape index (κ1) is 14.8. The third-order valence-electron chi connectivity index (χ3n) is 3.15. The van der Waals surface area contributed by atoms with Gasteiger partial charge in [-0.15, -0.1) is 0 Å². The lowest BCUT2D eigenvalue weighted by Gasteiger charge is -2.22. The molecule has 20 heavy (non-hydrogen) atoms. The largest absolute Gasteiger partial charge is 0.326 e. The van der Waals surface area contributed by atoms with Crippen molar-refractivity contribution in [3.05, 3.63) is 24.3 Å². The third-order valence-corrected chi connectivity index (χ3v) is 4.37. The smallest absolute Gasteiger partial charge is 0.232 e. The summed E-state index contributed by atoms with van der Waals surface area (Å²) in [6.07, 6.45) is 3.03. The van der Waals surface area contributed by atoms with E-state index in [2.05, 4.69) is 5.32 Å². The number of hydrogen-bond donors (Lipinski definition) is 1. The fourth-order valence-corrected chi connectivity index (χ4v) is 3.22. The highest BCUT2D eigenvalue weighted by atomic mass is 32.2. The van der Waals surface area contributed by atoms with Gasteiger partial charge in [0.15, 0.2) is 0 Å². The summed E-state index contributed by atoms with van der Waals surface area (Å²) in [5.41, 5.74) is 1.33. The highest BCUT2D eigenvalue weighted by molar-refractivity contribution is 7.92. The van der Waals surface area contributed by atoms with Crippen LogP contribution in [0.5, 0.6) is 0 Å². The lowest BCUT2D eigenvalue weighted by atomic mass is 10.2. The number of hydrogen-bond acceptors (Lipinski definition) is 3. The van der Waals surface area contributed by atoms with Crippen molar-refractivity contribution in [2.45, 2.75) is 32.7 Å². The van der Waals surface area contributed by atoms with E-state index < -0.39 is 10.0 Å². The lowest BCUT2D eigenvalue weighted by molar-refractivity contribution is -0.118. The minimum absolute atomic E-state index is 0.0556. The Morgan fingerprint density at radius 1 is 1.25 bits per heavy atom. The minimum atomic E-state index is -3.26. The highest BCUT2D eigenvalue weighted by Gasteiger charge is 2.35. The molecule has 0 atom stereocenters. The van der Waals surface area contributed by atoms with Crippen LogP contribution in [0.1, 0.15) is 26.7 Å². The Hall–Kier alpha value is -1.56. The Bertz CT molecular complexity index is 589. The molecule has 0 aliphatic heterocycles. The van der Waals surface area contributed by atoms with Gasteiger partial charge in [-0.05, 0) is 37.1 Å². The van der Waals surface area contributed by atoms with Gasteiger partial charge in [-0.3, -0.25) is 9.10 Å². The Labute approximate surface area is 120 Å². The summed E-state index contributed by atoms with van der Waals surface area (Å²) in [5.74, 6) is -0.145. The van der Waals surface area contributed by atoms with E-state index in [1.165, 1.54) is 10.6 Å². The molecule has 1 fully saturated rings. The Morgan fingerprint density at radius 2 is 1.80 bits per heavy atom. The summed E-state index contributed by atoms with van der Waals surface area (Å²) in [5, 5.41) is 2.78.